The van der Waals surface area contributed by atoms with Crippen LogP contribution in [0.3, 0.4) is 0 Å². The molecule has 4 nitrogen and oxygen atoms in total. The highest BCUT2D eigenvalue weighted by Gasteiger charge is 2.47. The van der Waals surface area contributed by atoms with E-state index in [-0.39, 0.29) is 25.1 Å². The lowest BCUT2D eigenvalue weighted by atomic mass is 9.98. The van der Waals surface area contributed by atoms with Crippen LogP contribution in [0, 0.1) is 6.92 Å². The first kappa shape index (κ1) is 25.4. The number of amides is 2. The molecule has 2 amide bonds. The number of thioether (sulfide) groups is 1. The van der Waals surface area contributed by atoms with Crippen LogP contribution in [0.5, 0.6) is 0 Å². The fourth-order valence-electron chi connectivity index (χ4n) is 4.59. The van der Waals surface area contributed by atoms with Crippen molar-refractivity contribution in [3.05, 3.63) is 70.3 Å². The number of likely N-dealkylation sites (tertiary alicyclic amines) is 1. The van der Waals surface area contributed by atoms with E-state index in [1.807, 2.05) is 19.1 Å². The zero-order valence-electron chi connectivity index (χ0n) is 18.7. The summed E-state index contributed by atoms with van der Waals surface area (Å²) in [5.41, 5.74) is -2.29. The maximum Gasteiger partial charge on any atom is 0.416 e. The average molecular weight is 517 g/mol. The lowest BCUT2D eigenvalue weighted by Crippen LogP contribution is -2.53. The Morgan fingerprint density at radius 2 is 1.43 bits per heavy atom. The van der Waals surface area contributed by atoms with Gasteiger partial charge in [0.25, 0.3) is 11.8 Å². The van der Waals surface area contributed by atoms with Crippen LogP contribution in [-0.2, 0) is 12.4 Å². The molecule has 35 heavy (non-hydrogen) atoms. The van der Waals surface area contributed by atoms with Gasteiger partial charge in [-0.2, -0.15) is 26.3 Å². The van der Waals surface area contributed by atoms with Gasteiger partial charge in [0.1, 0.15) is 0 Å². The third kappa shape index (κ3) is 5.00. The SMILES string of the molecule is Cc1ccccc1C(=O)N1CCSC12CCN(C(=O)c1cc(C(F)(F)F)cc(C(F)(F)F)c1)CC2. The fraction of sp³-hybridized carbons (Fsp3) is 0.417. The predicted octanol–water partition coefficient (Wildman–Crippen LogP) is 5.85. The molecule has 188 valence electrons. The van der Waals surface area contributed by atoms with Crippen molar-refractivity contribution in [3.63, 3.8) is 0 Å². The second kappa shape index (κ2) is 9.07. The topological polar surface area (TPSA) is 40.6 Å². The highest BCUT2D eigenvalue weighted by atomic mass is 32.2. The van der Waals surface area contributed by atoms with Crippen molar-refractivity contribution in [1.29, 1.82) is 0 Å². The molecule has 2 aliphatic heterocycles. The molecule has 4 rings (SSSR count). The number of alkyl halides is 6. The minimum Gasteiger partial charge on any atom is -0.338 e. The fourth-order valence-corrected chi connectivity index (χ4v) is 6.04. The Balaban J connectivity index is 1.54. The summed E-state index contributed by atoms with van der Waals surface area (Å²) in [6.45, 7) is 2.59. The Labute approximate surface area is 202 Å². The second-order valence-electron chi connectivity index (χ2n) is 8.65. The minimum absolute atomic E-state index is 0.00615. The second-order valence-corrected chi connectivity index (χ2v) is 10.1. The van der Waals surface area contributed by atoms with Crippen molar-refractivity contribution in [2.45, 2.75) is 37.0 Å². The number of carbonyl (C=O) groups excluding carboxylic acids is 2. The van der Waals surface area contributed by atoms with Crippen molar-refractivity contribution in [2.75, 3.05) is 25.4 Å². The van der Waals surface area contributed by atoms with Crippen molar-refractivity contribution in [2.24, 2.45) is 0 Å². The van der Waals surface area contributed by atoms with Crippen LogP contribution in [0.15, 0.2) is 42.5 Å². The van der Waals surface area contributed by atoms with Crippen LogP contribution in [-0.4, -0.2) is 51.9 Å². The normalized spacial score (nSPS) is 18.3. The van der Waals surface area contributed by atoms with E-state index in [0.717, 1.165) is 5.56 Å². The highest BCUT2D eigenvalue weighted by Crippen LogP contribution is 2.45. The molecular weight excluding hydrogens is 494 g/mol. The van der Waals surface area contributed by atoms with Crippen molar-refractivity contribution < 1.29 is 35.9 Å². The number of halogens is 6. The molecule has 2 aromatic rings. The molecule has 0 aromatic heterocycles. The first-order valence-electron chi connectivity index (χ1n) is 10.9. The van der Waals surface area contributed by atoms with E-state index in [4.69, 9.17) is 0 Å². The van der Waals surface area contributed by atoms with Gasteiger partial charge in [-0.1, -0.05) is 18.2 Å². The van der Waals surface area contributed by atoms with Gasteiger partial charge in [-0.25, -0.2) is 0 Å². The van der Waals surface area contributed by atoms with Crippen LogP contribution >= 0.6 is 11.8 Å². The molecular formula is C24H22F6N2O2S. The molecule has 2 heterocycles. The number of carbonyl (C=O) groups is 2. The number of hydrogen-bond donors (Lipinski definition) is 0. The summed E-state index contributed by atoms with van der Waals surface area (Å²) in [6, 6.07) is 8.13. The van der Waals surface area contributed by atoms with Gasteiger partial charge in [-0.05, 0) is 49.6 Å². The zero-order chi connectivity index (χ0) is 25.6. The van der Waals surface area contributed by atoms with Crippen molar-refractivity contribution in [1.82, 2.24) is 9.80 Å². The van der Waals surface area contributed by atoms with E-state index < -0.39 is 39.8 Å². The van der Waals surface area contributed by atoms with Crippen molar-refractivity contribution >= 4 is 23.6 Å². The number of piperidine rings is 1. The molecule has 0 N–H and O–H groups in total. The number of nitrogens with zero attached hydrogens (tertiary/aromatic N) is 2. The van der Waals surface area contributed by atoms with E-state index in [2.05, 4.69) is 0 Å². The molecule has 2 saturated heterocycles. The molecule has 2 aromatic carbocycles. The highest BCUT2D eigenvalue weighted by molar-refractivity contribution is 8.00. The van der Waals surface area contributed by atoms with Gasteiger partial charge in [-0.15, -0.1) is 11.8 Å². The summed E-state index contributed by atoms with van der Waals surface area (Å²) < 4.78 is 79.2. The molecule has 2 fully saturated rings. The van der Waals surface area contributed by atoms with Crippen molar-refractivity contribution in [3.8, 4) is 0 Å². The molecule has 0 atom stereocenters. The molecule has 0 bridgehead atoms. The van der Waals surface area contributed by atoms with Crippen LogP contribution in [0.4, 0.5) is 26.3 Å². The number of benzene rings is 2. The van der Waals surface area contributed by atoms with Gasteiger partial charge in [0.05, 0.1) is 16.0 Å². The molecule has 0 saturated carbocycles. The van der Waals surface area contributed by atoms with Gasteiger partial charge in [0.2, 0.25) is 0 Å². The van der Waals surface area contributed by atoms with Gasteiger partial charge in [0.15, 0.2) is 0 Å². The Morgan fingerprint density at radius 3 is 1.97 bits per heavy atom. The van der Waals surface area contributed by atoms with Gasteiger partial charge >= 0.3 is 12.4 Å². The molecule has 2 aliphatic rings. The molecule has 0 unspecified atom stereocenters. The van der Waals surface area contributed by atoms with Crippen LogP contribution in [0.25, 0.3) is 0 Å². The summed E-state index contributed by atoms with van der Waals surface area (Å²) in [5, 5.41) is 0. The van der Waals surface area contributed by atoms with E-state index in [1.54, 1.807) is 28.8 Å². The first-order valence-corrected chi connectivity index (χ1v) is 11.9. The van der Waals surface area contributed by atoms with Gasteiger partial charge in [-0.3, -0.25) is 9.59 Å². The van der Waals surface area contributed by atoms with Crippen LogP contribution < -0.4 is 0 Å². The smallest absolute Gasteiger partial charge is 0.338 e. The van der Waals surface area contributed by atoms with Gasteiger partial charge < -0.3 is 9.80 Å². The lowest BCUT2D eigenvalue weighted by Gasteiger charge is -2.44. The monoisotopic (exact) mass is 516 g/mol. The summed E-state index contributed by atoms with van der Waals surface area (Å²) in [4.78, 5) is 28.7. The number of rotatable bonds is 2. The van der Waals surface area contributed by atoms with Crippen LogP contribution in [0.2, 0.25) is 0 Å². The quantitative estimate of drug-likeness (QED) is 0.470. The third-order valence-electron chi connectivity index (χ3n) is 6.46. The summed E-state index contributed by atoms with van der Waals surface area (Å²) in [5.74, 6) is -0.314. The zero-order valence-corrected chi connectivity index (χ0v) is 19.5. The largest absolute Gasteiger partial charge is 0.416 e. The van der Waals surface area contributed by atoms with Gasteiger partial charge in [0, 0.05) is 36.5 Å². The summed E-state index contributed by atoms with van der Waals surface area (Å²) >= 11 is 1.59. The molecule has 1 spiro atoms. The molecule has 0 aliphatic carbocycles. The number of hydrogen-bond acceptors (Lipinski definition) is 3. The summed E-state index contributed by atoms with van der Waals surface area (Å²) in [7, 11) is 0. The number of aryl methyl sites for hydroxylation is 1. The standard InChI is InChI=1S/C24H22F6N2O2S/c1-15-4-2-3-5-19(15)21(34)32-10-11-35-22(32)6-8-31(9-7-22)20(33)16-12-17(23(25,26)27)14-18(13-16)24(28,29)30/h2-5,12-14H,6-11H2,1H3. The Morgan fingerprint density at radius 1 is 0.857 bits per heavy atom. The minimum atomic E-state index is -5.03. The van der Waals surface area contributed by atoms with E-state index in [9.17, 15) is 35.9 Å². The van der Waals surface area contributed by atoms with Crippen LogP contribution in [0.1, 0.15) is 50.2 Å². The Bertz CT molecular complexity index is 1110. The third-order valence-corrected chi connectivity index (χ3v) is 8.02. The van der Waals surface area contributed by atoms with E-state index >= 15 is 0 Å². The predicted molar refractivity (Wildman–Crippen MR) is 119 cm³/mol. The maximum atomic E-state index is 13.3. The average Bonchev–Trinajstić information content (AvgIpc) is 3.20. The van der Waals surface area contributed by atoms with E-state index in [1.165, 1.54) is 4.90 Å². The van der Waals surface area contributed by atoms with E-state index in [0.29, 0.717) is 42.8 Å². The summed E-state index contributed by atoms with van der Waals surface area (Å²) in [6.07, 6.45) is -9.32. The Kier molecular flexibility index (Phi) is 6.58. The molecule has 0 radical (unpaired) electrons. The Hall–Kier alpha value is -2.69. The lowest BCUT2D eigenvalue weighted by molar-refractivity contribution is -0.143. The molecule has 11 heteroatoms. The maximum absolute atomic E-state index is 13.3. The first-order chi connectivity index (χ1) is 16.3.